The second-order valence-corrected chi connectivity index (χ2v) is 4.02. The Bertz CT molecular complexity index is 177. The van der Waals surface area contributed by atoms with Gasteiger partial charge in [-0.1, -0.05) is 0 Å². The van der Waals surface area contributed by atoms with Gasteiger partial charge in [-0.3, -0.25) is 4.79 Å². The van der Waals surface area contributed by atoms with Crippen LogP contribution in [0.2, 0.25) is 0 Å². The lowest BCUT2D eigenvalue weighted by Gasteiger charge is -2.26. The van der Waals surface area contributed by atoms with Crippen LogP contribution in [0.15, 0.2) is 0 Å². The van der Waals surface area contributed by atoms with E-state index < -0.39 is 0 Å². The van der Waals surface area contributed by atoms with Crippen molar-refractivity contribution >= 4 is 18.4 Å². The maximum Gasteiger partial charge on any atom is 0.308 e. The summed E-state index contributed by atoms with van der Waals surface area (Å²) in [6, 6.07) is 0. The fourth-order valence-corrected chi connectivity index (χ4v) is 2.14. The van der Waals surface area contributed by atoms with Crippen molar-refractivity contribution in [3.05, 3.63) is 0 Å². The van der Waals surface area contributed by atoms with Crippen molar-refractivity contribution in [2.45, 2.75) is 32.1 Å². The maximum atomic E-state index is 11.2. The topological polar surface area (TPSA) is 35.5 Å². The van der Waals surface area contributed by atoms with Crippen LogP contribution >= 0.6 is 12.4 Å². The molecule has 0 aromatic heterocycles. The van der Waals surface area contributed by atoms with Gasteiger partial charge in [0.25, 0.3) is 0 Å². The predicted octanol–water partition coefficient (Wildman–Crippen LogP) is 2.42. The van der Waals surface area contributed by atoms with E-state index in [0.29, 0.717) is 0 Å². The average Bonchev–Trinajstić information content (AvgIpc) is 2.26. The maximum absolute atomic E-state index is 11.2. The van der Waals surface area contributed by atoms with Crippen LogP contribution in [0.3, 0.4) is 0 Å². The first-order valence-electron chi connectivity index (χ1n) is 5.34. The molecule has 0 amide bonds. The summed E-state index contributed by atoms with van der Waals surface area (Å²) >= 11 is 0. The number of ether oxygens (including phenoxy) is 2. The number of hydrogen-bond acceptors (Lipinski definition) is 3. The lowest BCUT2D eigenvalue weighted by atomic mass is 9.81. The van der Waals surface area contributed by atoms with E-state index in [1.165, 1.54) is 7.11 Å². The molecule has 0 heterocycles. The van der Waals surface area contributed by atoms with E-state index in [2.05, 4.69) is 0 Å². The van der Waals surface area contributed by atoms with Crippen LogP contribution in [0.4, 0.5) is 0 Å². The number of esters is 1. The Morgan fingerprint density at radius 1 is 1.20 bits per heavy atom. The molecule has 0 atom stereocenters. The molecule has 0 aliphatic heterocycles. The number of carbonyl (C=O) groups is 1. The van der Waals surface area contributed by atoms with Crippen LogP contribution in [-0.2, 0) is 14.3 Å². The van der Waals surface area contributed by atoms with Gasteiger partial charge < -0.3 is 9.47 Å². The van der Waals surface area contributed by atoms with Gasteiger partial charge in [-0.05, 0) is 38.0 Å². The smallest absolute Gasteiger partial charge is 0.308 e. The van der Waals surface area contributed by atoms with Gasteiger partial charge in [0.05, 0.1) is 13.0 Å². The fraction of sp³-hybridized carbons (Fsp3) is 0.909. The molecule has 1 aliphatic carbocycles. The van der Waals surface area contributed by atoms with E-state index in [0.717, 1.165) is 44.6 Å². The molecule has 1 fully saturated rings. The molecule has 90 valence electrons. The van der Waals surface area contributed by atoms with Gasteiger partial charge in [-0.25, -0.2) is 0 Å². The Hall–Kier alpha value is -0.280. The van der Waals surface area contributed by atoms with E-state index in [1.807, 2.05) is 0 Å². The third-order valence-electron chi connectivity index (χ3n) is 3.11. The minimum atomic E-state index is -0.0322. The summed E-state index contributed by atoms with van der Waals surface area (Å²) in [5.74, 6) is 0.866. The Morgan fingerprint density at radius 2 is 1.80 bits per heavy atom. The minimum Gasteiger partial charge on any atom is -0.469 e. The van der Waals surface area contributed by atoms with E-state index in [1.54, 1.807) is 7.11 Å². The molecule has 15 heavy (non-hydrogen) atoms. The second-order valence-electron chi connectivity index (χ2n) is 4.02. The third kappa shape index (κ3) is 4.85. The zero-order valence-corrected chi connectivity index (χ0v) is 10.3. The molecule has 0 bridgehead atoms. The van der Waals surface area contributed by atoms with E-state index in [4.69, 9.17) is 9.47 Å². The standard InChI is InChI=1S/C11H20O3.ClH/c1-13-8-7-9-3-5-10(6-4-9)11(12)14-2;/h9-10H,3-8H2,1-2H3;1H. The first-order chi connectivity index (χ1) is 6.77. The molecular weight excluding hydrogens is 216 g/mol. The molecule has 1 aliphatic rings. The zero-order valence-electron chi connectivity index (χ0n) is 9.53. The lowest BCUT2D eigenvalue weighted by molar-refractivity contribution is -0.146. The largest absolute Gasteiger partial charge is 0.469 e. The summed E-state index contributed by atoms with van der Waals surface area (Å²) in [5, 5.41) is 0. The molecule has 3 nitrogen and oxygen atoms in total. The normalized spacial score (nSPS) is 25.5. The quantitative estimate of drug-likeness (QED) is 0.704. The lowest BCUT2D eigenvalue weighted by Crippen LogP contribution is -2.23. The minimum absolute atomic E-state index is 0. The first-order valence-corrected chi connectivity index (χ1v) is 5.34. The summed E-state index contributed by atoms with van der Waals surface area (Å²) in [5.41, 5.74) is 0. The first kappa shape index (κ1) is 14.7. The van der Waals surface area contributed by atoms with Crippen LogP contribution in [0, 0.1) is 11.8 Å². The second kappa shape index (κ2) is 7.94. The molecule has 4 heteroatoms. The molecular formula is C11H21ClO3. The molecule has 0 spiro atoms. The van der Waals surface area contributed by atoms with E-state index >= 15 is 0 Å². The highest BCUT2D eigenvalue weighted by molar-refractivity contribution is 5.85. The predicted molar refractivity (Wildman–Crippen MR) is 61.2 cm³/mol. The van der Waals surface area contributed by atoms with Crippen molar-refractivity contribution in [1.82, 2.24) is 0 Å². The van der Waals surface area contributed by atoms with Crippen molar-refractivity contribution in [2.75, 3.05) is 20.8 Å². The Balaban J connectivity index is 0.00000196. The Kier molecular flexibility index (Phi) is 7.79. The number of halogens is 1. The molecule has 1 rings (SSSR count). The van der Waals surface area contributed by atoms with Gasteiger partial charge >= 0.3 is 5.97 Å². The van der Waals surface area contributed by atoms with Gasteiger partial charge in [0.1, 0.15) is 0 Å². The molecule has 0 aromatic carbocycles. The highest BCUT2D eigenvalue weighted by Crippen LogP contribution is 2.31. The van der Waals surface area contributed by atoms with Crippen LogP contribution in [0.25, 0.3) is 0 Å². The van der Waals surface area contributed by atoms with Crippen LogP contribution in [0.1, 0.15) is 32.1 Å². The average molecular weight is 237 g/mol. The SMILES string of the molecule is COCCC1CCC(C(=O)OC)CC1.Cl. The summed E-state index contributed by atoms with van der Waals surface area (Å²) in [6.07, 6.45) is 5.39. The molecule has 0 radical (unpaired) electrons. The van der Waals surface area contributed by atoms with Gasteiger partial charge in [0.15, 0.2) is 0 Å². The molecule has 1 saturated carbocycles. The highest BCUT2D eigenvalue weighted by atomic mass is 35.5. The number of hydrogen-bond donors (Lipinski definition) is 0. The number of carbonyl (C=O) groups excluding carboxylic acids is 1. The third-order valence-corrected chi connectivity index (χ3v) is 3.11. The molecule has 0 aromatic rings. The van der Waals surface area contributed by atoms with Crippen molar-refractivity contribution in [2.24, 2.45) is 11.8 Å². The summed E-state index contributed by atoms with van der Waals surface area (Å²) in [6.45, 7) is 0.841. The molecule has 0 saturated heterocycles. The van der Waals surface area contributed by atoms with Gasteiger partial charge in [0.2, 0.25) is 0 Å². The van der Waals surface area contributed by atoms with Crippen molar-refractivity contribution in [3.8, 4) is 0 Å². The Labute approximate surface area is 97.9 Å². The Morgan fingerprint density at radius 3 is 2.27 bits per heavy atom. The zero-order chi connectivity index (χ0) is 10.4. The monoisotopic (exact) mass is 236 g/mol. The summed E-state index contributed by atoms with van der Waals surface area (Å²) < 4.78 is 9.79. The van der Waals surface area contributed by atoms with Gasteiger partial charge in [-0.2, -0.15) is 0 Å². The van der Waals surface area contributed by atoms with Crippen LogP contribution in [0.5, 0.6) is 0 Å². The molecule has 0 N–H and O–H groups in total. The fourth-order valence-electron chi connectivity index (χ4n) is 2.14. The highest BCUT2D eigenvalue weighted by Gasteiger charge is 2.26. The summed E-state index contributed by atoms with van der Waals surface area (Å²) in [4.78, 5) is 11.2. The van der Waals surface area contributed by atoms with Crippen molar-refractivity contribution < 1.29 is 14.3 Å². The summed E-state index contributed by atoms with van der Waals surface area (Å²) in [7, 11) is 3.21. The van der Waals surface area contributed by atoms with Gasteiger partial charge in [-0.15, -0.1) is 12.4 Å². The number of rotatable bonds is 4. The van der Waals surface area contributed by atoms with E-state index in [-0.39, 0.29) is 24.3 Å². The van der Waals surface area contributed by atoms with Gasteiger partial charge in [0, 0.05) is 13.7 Å². The number of methoxy groups -OCH3 is 2. The van der Waals surface area contributed by atoms with Crippen molar-refractivity contribution in [3.63, 3.8) is 0 Å². The van der Waals surface area contributed by atoms with Crippen molar-refractivity contribution in [1.29, 1.82) is 0 Å². The molecule has 0 unspecified atom stereocenters. The van der Waals surface area contributed by atoms with Crippen LogP contribution in [-0.4, -0.2) is 26.8 Å². The van der Waals surface area contributed by atoms with Crippen LogP contribution < -0.4 is 0 Å². The van der Waals surface area contributed by atoms with E-state index in [9.17, 15) is 4.79 Å².